The lowest BCUT2D eigenvalue weighted by atomic mass is 10.1. The van der Waals surface area contributed by atoms with Crippen molar-refractivity contribution >= 4 is 23.7 Å². The first-order valence-electron chi connectivity index (χ1n) is 5.36. The number of nitrogens with one attached hydrogen (secondary N) is 1. The van der Waals surface area contributed by atoms with E-state index in [-0.39, 0.29) is 12.4 Å². The van der Waals surface area contributed by atoms with Crippen molar-refractivity contribution in [1.82, 2.24) is 10.3 Å². The highest BCUT2D eigenvalue weighted by molar-refractivity contribution is 7.09. The van der Waals surface area contributed by atoms with Crippen molar-refractivity contribution in [2.24, 2.45) is 0 Å². The number of halogens is 1. The van der Waals surface area contributed by atoms with Crippen LogP contribution in [0.3, 0.4) is 0 Å². The summed E-state index contributed by atoms with van der Waals surface area (Å²) in [5.74, 6) is 1.60. The van der Waals surface area contributed by atoms with E-state index in [0.717, 1.165) is 34.3 Å². The van der Waals surface area contributed by atoms with Crippen LogP contribution in [0.5, 0.6) is 11.5 Å². The predicted octanol–water partition coefficient (Wildman–Crippen LogP) is 2.68. The minimum absolute atomic E-state index is 0. The fourth-order valence-electron chi connectivity index (χ4n) is 1.73. The van der Waals surface area contributed by atoms with E-state index >= 15 is 0 Å². The summed E-state index contributed by atoms with van der Waals surface area (Å²) in [7, 11) is 1.92. The van der Waals surface area contributed by atoms with Gasteiger partial charge in [0.25, 0.3) is 0 Å². The molecule has 1 aliphatic rings. The van der Waals surface area contributed by atoms with Crippen molar-refractivity contribution in [2.75, 3.05) is 13.8 Å². The predicted molar refractivity (Wildman–Crippen MR) is 73.7 cm³/mol. The molecule has 1 aromatic heterocycles. The standard InChI is InChI=1S/C12H12N2O2S.ClH/c1-13-5-12-14-9(6-17-12)8-2-3-10-11(4-8)16-7-15-10;/h2-4,6,13H,5,7H2,1H3;1H. The number of hydrogen-bond acceptors (Lipinski definition) is 5. The zero-order chi connectivity index (χ0) is 11.7. The Bertz CT molecular complexity index is 545. The second-order valence-electron chi connectivity index (χ2n) is 3.72. The van der Waals surface area contributed by atoms with Gasteiger partial charge in [0.1, 0.15) is 5.01 Å². The Kier molecular flexibility index (Phi) is 4.06. The van der Waals surface area contributed by atoms with Gasteiger partial charge in [0.2, 0.25) is 6.79 Å². The number of aromatic nitrogens is 1. The minimum atomic E-state index is 0. The monoisotopic (exact) mass is 284 g/mol. The number of hydrogen-bond donors (Lipinski definition) is 1. The Hall–Kier alpha value is -1.30. The van der Waals surface area contributed by atoms with Crippen LogP contribution in [0.1, 0.15) is 5.01 Å². The summed E-state index contributed by atoms with van der Waals surface area (Å²) in [6, 6.07) is 5.90. The zero-order valence-electron chi connectivity index (χ0n) is 9.80. The number of fused-ring (bicyclic) bond motifs is 1. The van der Waals surface area contributed by atoms with Gasteiger partial charge in [-0.25, -0.2) is 4.98 Å². The Morgan fingerprint density at radius 3 is 3.00 bits per heavy atom. The summed E-state index contributed by atoms with van der Waals surface area (Å²) in [4.78, 5) is 4.56. The first-order chi connectivity index (χ1) is 8.36. The molecule has 96 valence electrons. The fraction of sp³-hybridized carbons (Fsp3) is 0.250. The van der Waals surface area contributed by atoms with Crippen LogP contribution in [0, 0.1) is 0 Å². The average Bonchev–Trinajstić information content (AvgIpc) is 2.96. The van der Waals surface area contributed by atoms with Crippen LogP contribution in [0.2, 0.25) is 0 Å². The molecule has 0 radical (unpaired) electrons. The van der Waals surface area contributed by atoms with Gasteiger partial charge in [-0.2, -0.15) is 0 Å². The van der Waals surface area contributed by atoms with E-state index in [1.165, 1.54) is 0 Å². The van der Waals surface area contributed by atoms with Crippen LogP contribution in [0.4, 0.5) is 0 Å². The van der Waals surface area contributed by atoms with Crippen LogP contribution < -0.4 is 14.8 Å². The third-order valence-electron chi connectivity index (χ3n) is 2.55. The van der Waals surface area contributed by atoms with E-state index in [9.17, 15) is 0 Å². The number of thiazole rings is 1. The maximum Gasteiger partial charge on any atom is 0.231 e. The van der Waals surface area contributed by atoms with Crippen LogP contribution in [-0.4, -0.2) is 18.8 Å². The fourth-order valence-corrected chi connectivity index (χ4v) is 2.55. The van der Waals surface area contributed by atoms with E-state index in [1.54, 1.807) is 11.3 Å². The lowest BCUT2D eigenvalue weighted by molar-refractivity contribution is 0.174. The molecule has 1 aliphatic heterocycles. The van der Waals surface area contributed by atoms with Crippen molar-refractivity contribution < 1.29 is 9.47 Å². The van der Waals surface area contributed by atoms with Crippen molar-refractivity contribution in [3.05, 3.63) is 28.6 Å². The summed E-state index contributed by atoms with van der Waals surface area (Å²) in [6.45, 7) is 1.11. The third-order valence-corrected chi connectivity index (χ3v) is 3.40. The van der Waals surface area contributed by atoms with E-state index in [4.69, 9.17) is 9.47 Å². The second kappa shape index (κ2) is 5.56. The van der Waals surface area contributed by atoms with Gasteiger partial charge in [0, 0.05) is 17.5 Å². The highest BCUT2D eigenvalue weighted by atomic mass is 35.5. The van der Waals surface area contributed by atoms with Crippen molar-refractivity contribution in [1.29, 1.82) is 0 Å². The Morgan fingerprint density at radius 2 is 2.17 bits per heavy atom. The van der Waals surface area contributed by atoms with E-state index in [1.807, 2.05) is 25.2 Å². The molecule has 1 N–H and O–H groups in total. The highest BCUT2D eigenvalue weighted by Gasteiger charge is 2.14. The summed E-state index contributed by atoms with van der Waals surface area (Å²) >= 11 is 1.66. The molecule has 18 heavy (non-hydrogen) atoms. The summed E-state index contributed by atoms with van der Waals surface area (Å²) in [6.07, 6.45) is 0. The molecule has 0 unspecified atom stereocenters. The second-order valence-corrected chi connectivity index (χ2v) is 4.67. The molecule has 6 heteroatoms. The molecule has 0 atom stereocenters. The molecule has 2 aromatic rings. The molecule has 1 aromatic carbocycles. The topological polar surface area (TPSA) is 43.4 Å². The third kappa shape index (κ3) is 2.43. The SMILES string of the molecule is CNCc1nc(-c2ccc3c(c2)OCO3)cs1.Cl. The minimum Gasteiger partial charge on any atom is -0.454 e. The van der Waals surface area contributed by atoms with Gasteiger partial charge in [-0.05, 0) is 25.2 Å². The first kappa shape index (κ1) is 13.1. The van der Waals surface area contributed by atoms with Crippen molar-refractivity contribution in [3.63, 3.8) is 0 Å². The molecule has 0 amide bonds. The molecule has 0 aliphatic carbocycles. The van der Waals surface area contributed by atoms with E-state index in [2.05, 4.69) is 15.7 Å². The Balaban J connectivity index is 0.00000120. The molecule has 0 saturated heterocycles. The zero-order valence-corrected chi connectivity index (χ0v) is 11.4. The van der Waals surface area contributed by atoms with Gasteiger partial charge in [0.05, 0.1) is 5.69 Å². The molecular formula is C12H13ClN2O2S. The number of rotatable bonds is 3. The maximum absolute atomic E-state index is 5.36. The van der Waals surface area contributed by atoms with Crippen molar-refractivity contribution in [2.45, 2.75) is 6.54 Å². The van der Waals surface area contributed by atoms with Crippen LogP contribution >= 0.6 is 23.7 Å². The molecule has 0 fully saturated rings. The van der Waals surface area contributed by atoms with Gasteiger partial charge >= 0.3 is 0 Å². The average molecular weight is 285 g/mol. The number of nitrogens with zero attached hydrogens (tertiary/aromatic N) is 1. The van der Waals surface area contributed by atoms with Gasteiger partial charge < -0.3 is 14.8 Å². The Morgan fingerprint density at radius 1 is 1.33 bits per heavy atom. The molecular weight excluding hydrogens is 272 g/mol. The maximum atomic E-state index is 5.36. The smallest absolute Gasteiger partial charge is 0.231 e. The first-order valence-corrected chi connectivity index (χ1v) is 6.24. The lowest BCUT2D eigenvalue weighted by Gasteiger charge is -1.99. The Labute approximate surface area is 115 Å². The normalized spacial score (nSPS) is 12.3. The van der Waals surface area contributed by atoms with Crippen LogP contribution in [0.15, 0.2) is 23.6 Å². The summed E-state index contributed by atoms with van der Waals surface area (Å²) < 4.78 is 10.6. The van der Waals surface area contributed by atoms with Crippen molar-refractivity contribution in [3.8, 4) is 22.8 Å². The molecule has 3 rings (SSSR count). The van der Waals surface area contributed by atoms with Gasteiger partial charge in [-0.3, -0.25) is 0 Å². The summed E-state index contributed by atoms with van der Waals surface area (Å²) in [5.41, 5.74) is 2.05. The van der Waals surface area contributed by atoms with Gasteiger partial charge in [-0.1, -0.05) is 0 Å². The van der Waals surface area contributed by atoms with Gasteiger partial charge in [0.15, 0.2) is 11.5 Å². The largest absolute Gasteiger partial charge is 0.454 e. The molecule has 0 bridgehead atoms. The molecule has 2 heterocycles. The molecule has 0 saturated carbocycles. The van der Waals surface area contributed by atoms with E-state index < -0.39 is 0 Å². The number of ether oxygens (including phenoxy) is 2. The quantitative estimate of drug-likeness (QED) is 0.941. The van der Waals surface area contributed by atoms with E-state index in [0.29, 0.717) is 6.79 Å². The van der Waals surface area contributed by atoms with Gasteiger partial charge in [-0.15, -0.1) is 23.7 Å². The van der Waals surface area contributed by atoms with Crippen LogP contribution in [-0.2, 0) is 6.54 Å². The highest BCUT2D eigenvalue weighted by Crippen LogP contribution is 2.35. The summed E-state index contributed by atoms with van der Waals surface area (Å²) in [5, 5.41) is 6.24. The molecule has 0 spiro atoms. The lowest BCUT2D eigenvalue weighted by Crippen LogP contribution is -2.04. The molecule has 4 nitrogen and oxygen atoms in total. The van der Waals surface area contributed by atoms with Crippen LogP contribution in [0.25, 0.3) is 11.3 Å². The number of benzene rings is 1.